The highest BCUT2D eigenvalue weighted by Crippen LogP contribution is 2.28. The number of aromatic nitrogens is 4. The number of carbonyl (C=O) groups excluding carboxylic acids is 1. The minimum absolute atomic E-state index is 0.0842. The number of benzene rings is 1. The SMILES string of the molecule is Cc1nccc(C2CCN(C(=O)c3ccc(-c4nncc(C)c4C)cc3)CC2)n1.O=CO. The van der Waals surface area contributed by atoms with Gasteiger partial charge in [-0.05, 0) is 62.9 Å². The van der Waals surface area contributed by atoms with Gasteiger partial charge in [-0.2, -0.15) is 10.2 Å². The molecule has 1 aromatic carbocycles. The molecule has 0 saturated carbocycles. The molecule has 1 aliphatic rings. The molecule has 1 saturated heterocycles. The third kappa shape index (κ3) is 5.32. The van der Waals surface area contributed by atoms with Gasteiger partial charge in [0, 0.05) is 42.0 Å². The molecule has 32 heavy (non-hydrogen) atoms. The molecule has 8 nitrogen and oxygen atoms in total. The molecule has 8 heteroatoms. The minimum Gasteiger partial charge on any atom is -0.483 e. The van der Waals surface area contributed by atoms with Crippen LogP contribution in [-0.2, 0) is 4.79 Å². The second kappa shape index (κ2) is 10.6. The first-order valence-corrected chi connectivity index (χ1v) is 10.5. The van der Waals surface area contributed by atoms with Crippen LogP contribution >= 0.6 is 0 Å². The van der Waals surface area contributed by atoms with E-state index in [9.17, 15) is 4.79 Å². The molecule has 1 N–H and O–H groups in total. The van der Waals surface area contributed by atoms with Gasteiger partial charge in [0.2, 0.25) is 0 Å². The van der Waals surface area contributed by atoms with Crippen molar-refractivity contribution in [2.45, 2.75) is 39.5 Å². The summed E-state index contributed by atoms with van der Waals surface area (Å²) in [6.07, 6.45) is 5.44. The normalized spacial score (nSPS) is 13.8. The Kier molecular flexibility index (Phi) is 7.59. The van der Waals surface area contributed by atoms with Gasteiger partial charge in [-0.3, -0.25) is 9.59 Å². The van der Waals surface area contributed by atoms with E-state index in [2.05, 4.69) is 20.2 Å². The van der Waals surface area contributed by atoms with Crippen molar-refractivity contribution in [2.24, 2.45) is 0 Å². The first kappa shape index (κ1) is 23.0. The quantitative estimate of drug-likeness (QED) is 0.629. The second-order valence-electron chi connectivity index (χ2n) is 7.78. The van der Waals surface area contributed by atoms with E-state index >= 15 is 0 Å². The average Bonchev–Trinajstić information content (AvgIpc) is 2.81. The Labute approximate surface area is 187 Å². The highest BCUT2D eigenvalue weighted by atomic mass is 16.3. The van der Waals surface area contributed by atoms with Crippen molar-refractivity contribution >= 4 is 12.4 Å². The Balaban J connectivity index is 0.000000913. The number of carboxylic acid groups (broad SMARTS) is 1. The molecule has 3 aromatic rings. The van der Waals surface area contributed by atoms with E-state index in [-0.39, 0.29) is 12.4 Å². The predicted molar refractivity (Wildman–Crippen MR) is 120 cm³/mol. The standard InChI is InChI=1S/C23H25N5O.CH2O2/c1-15-14-25-27-22(16(15)2)19-4-6-20(7-5-19)23(29)28-12-9-18(10-13-28)21-8-11-24-17(3)26-21;2-1-3/h4-8,11,14,18H,9-10,12-13H2,1-3H3;1H,(H,2,3). The molecule has 0 radical (unpaired) electrons. The maximum Gasteiger partial charge on any atom is 0.290 e. The molecule has 0 spiro atoms. The Hall–Kier alpha value is -3.68. The smallest absolute Gasteiger partial charge is 0.290 e. The maximum atomic E-state index is 12.9. The molecular weight excluding hydrogens is 406 g/mol. The van der Waals surface area contributed by atoms with Crippen molar-refractivity contribution in [1.29, 1.82) is 0 Å². The van der Waals surface area contributed by atoms with Crippen LogP contribution in [0.5, 0.6) is 0 Å². The number of rotatable bonds is 3. The van der Waals surface area contributed by atoms with Crippen LogP contribution in [0.4, 0.5) is 0 Å². The summed E-state index contributed by atoms with van der Waals surface area (Å²) in [6, 6.07) is 9.69. The topological polar surface area (TPSA) is 109 Å². The van der Waals surface area contributed by atoms with Gasteiger partial charge < -0.3 is 10.0 Å². The Morgan fingerprint density at radius 2 is 1.75 bits per heavy atom. The van der Waals surface area contributed by atoms with Crippen LogP contribution in [0.15, 0.2) is 42.7 Å². The zero-order valence-corrected chi connectivity index (χ0v) is 18.5. The van der Waals surface area contributed by atoms with E-state index in [0.29, 0.717) is 11.5 Å². The maximum absolute atomic E-state index is 12.9. The molecule has 1 fully saturated rings. The van der Waals surface area contributed by atoms with Gasteiger partial charge in [-0.15, -0.1) is 0 Å². The molecule has 4 rings (SSSR count). The summed E-state index contributed by atoms with van der Waals surface area (Å²) in [7, 11) is 0. The van der Waals surface area contributed by atoms with Gasteiger partial charge in [0.1, 0.15) is 5.82 Å². The first-order valence-electron chi connectivity index (χ1n) is 10.5. The van der Waals surface area contributed by atoms with Crippen LogP contribution in [0, 0.1) is 20.8 Å². The van der Waals surface area contributed by atoms with Crippen molar-refractivity contribution in [3.63, 3.8) is 0 Å². The number of hydrogen-bond acceptors (Lipinski definition) is 6. The van der Waals surface area contributed by atoms with Crippen molar-refractivity contribution in [3.05, 3.63) is 70.9 Å². The number of carbonyl (C=O) groups is 2. The number of aryl methyl sites for hydroxylation is 2. The third-order valence-corrected chi connectivity index (χ3v) is 5.76. The number of likely N-dealkylation sites (tertiary alicyclic amines) is 1. The summed E-state index contributed by atoms with van der Waals surface area (Å²) >= 11 is 0. The zero-order chi connectivity index (χ0) is 23.1. The van der Waals surface area contributed by atoms with Gasteiger partial charge in [0.15, 0.2) is 0 Å². The zero-order valence-electron chi connectivity index (χ0n) is 18.5. The van der Waals surface area contributed by atoms with Crippen LogP contribution in [0.1, 0.15) is 51.8 Å². The summed E-state index contributed by atoms with van der Waals surface area (Å²) in [4.78, 5) is 32.0. The number of hydrogen-bond donors (Lipinski definition) is 1. The Bertz CT molecular complexity index is 1080. The fourth-order valence-corrected chi connectivity index (χ4v) is 3.84. The van der Waals surface area contributed by atoms with E-state index in [0.717, 1.165) is 59.8 Å². The van der Waals surface area contributed by atoms with Crippen LogP contribution in [-0.4, -0.2) is 55.6 Å². The predicted octanol–water partition coefficient (Wildman–Crippen LogP) is 3.58. The Morgan fingerprint density at radius 3 is 2.38 bits per heavy atom. The molecule has 2 aromatic heterocycles. The molecule has 166 valence electrons. The second-order valence-corrected chi connectivity index (χ2v) is 7.78. The van der Waals surface area contributed by atoms with E-state index in [1.807, 2.05) is 62.2 Å². The highest BCUT2D eigenvalue weighted by molar-refractivity contribution is 5.94. The number of piperidine rings is 1. The van der Waals surface area contributed by atoms with E-state index in [4.69, 9.17) is 9.90 Å². The lowest BCUT2D eigenvalue weighted by atomic mass is 9.93. The summed E-state index contributed by atoms with van der Waals surface area (Å²) in [6.45, 7) is 7.22. The third-order valence-electron chi connectivity index (χ3n) is 5.76. The summed E-state index contributed by atoms with van der Waals surface area (Å²) in [5.74, 6) is 1.28. The van der Waals surface area contributed by atoms with Gasteiger partial charge in [-0.1, -0.05) is 12.1 Å². The van der Waals surface area contributed by atoms with Crippen LogP contribution in [0.2, 0.25) is 0 Å². The Morgan fingerprint density at radius 1 is 1.09 bits per heavy atom. The largest absolute Gasteiger partial charge is 0.483 e. The van der Waals surface area contributed by atoms with E-state index in [1.165, 1.54) is 0 Å². The lowest BCUT2D eigenvalue weighted by Gasteiger charge is -2.32. The van der Waals surface area contributed by atoms with Gasteiger partial charge in [0.05, 0.1) is 11.9 Å². The molecule has 0 atom stereocenters. The van der Waals surface area contributed by atoms with Crippen molar-refractivity contribution < 1.29 is 14.7 Å². The summed E-state index contributed by atoms with van der Waals surface area (Å²) in [5.41, 5.74) is 5.86. The molecule has 1 amide bonds. The van der Waals surface area contributed by atoms with Crippen LogP contribution in [0.3, 0.4) is 0 Å². The molecular formula is C24H27N5O3. The lowest BCUT2D eigenvalue weighted by molar-refractivity contribution is -0.122. The number of nitrogens with zero attached hydrogens (tertiary/aromatic N) is 5. The fourth-order valence-electron chi connectivity index (χ4n) is 3.84. The summed E-state index contributed by atoms with van der Waals surface area (Å²) < 4.78 is 0. The van der Waals surface area contributed by atoms with Crippen molar-refractivity contribution in [2.75, 3.05) is 13.1 Å². The van der Waals surface area contributed by atoms with Gasteiger partial charge in [-0.25, -0.2) is 9.97 Å². The highest BCUT2D eigenvalue weighted by Gasteiger charge is 2.25. The number of amides is 1. The van der Waals surface area contributed by atoms with Crippen molar-refractivity contribution in [3.8, 4) is 11.3 Å². The lowest BCUT2D eigenvalue weighted by Crippen LogP contribution is -2.38. The molecule has 0 bridgehead atoms. The summed E-state index contributed by atoms with van der Waals surface area (Å²) in [5, 5.41) is 15.2. The van der Waals surface area contributed by atoms with Crippen LogP contribution in [0.25, 0.3) is 11.3 Å². The van der Waals surface area contributed by atoms with Crippen molar-refractivity contribution in [1.82, 2.24) is 25.1 Å². The molecule has 1 aliphatic heterocycles. The molecule has 3 heterocycles. The fraction of sp³-hybridized carbons (Fsp3) is 0.333. The van der Waals surface area contributed by atoms with Crippen LogP contribution < -0.4 is 0 Å². The molecule has 0 unspecified atom stereocenters. The first-order chi connectivity index (χ1) is 15.4. The van der Waals surface area contributed by atoms with Gasteiger partial charge >= 0.3 is 0 Å². The van der Waals surface area contributed by atoms with E-state index in [1.54, 1.807) is 6.20 Å². The monoisotopic (exact) mass is 433 g/mol. The van der Waals surface area contributed by atoms with Gasteiger partial charge in [0.25, 0.3) is 12.4 Å². The minimum atomic E-state index is -0.250. The average molecular weight is 434 g/mol. The molecule has 0 aliphatic carbocycles. The van der Waals surface area contributed by atoms with E-state index < -0.39 is 0 Å².